The van der Waals surface area contributed by atoms with Crippen LogP contribution < -0.4 is 21.1 Å². The monoisotopic (exact) mass is 556 g/mol. The Morgan fingerprint density at radius 1 is 0.976 bits per heavy atom. The number of rotatable bonds is 9. The molecule has 3 aromatic rings. The minimum atomic E-state index is 0.294. The van der Waals surface area contributed by atoms with E-state index in [4.69, 9.17) is 15.9 Å². The number of hydrogen-bond acceptors (Lipinski definition) is 9. The first-order valence-electron chi connectivity index (χ1n) is 15.1. The predicted octanol–water partition coefficient (Wildman–Crippen LogP) is 4.46. The molecular formula is C32H44N8O. The third-order valence-electron chi connectivity index (χ3n) is 8.27. The van der Waals surface area contributed by atoms with Gasteiger partial charge in [0.15, 0.2) is 0 Å². The molecule has 218 valence electrons. The molecule has 3 aliphatic rings. The summed E-state index contributed by atoms with van der Waals surface area (Å²) in [5, 5.41) is 15.9. The van der Waals surface area contributed by atoms with Gasteiger partial charge in [-0.25, -0.2) is 9.97 Å². The smallest absolute Gasteiger partial charge is 0.141 e. The number of nitrogens with two attached hydrogens (primary N) is 1. The van der Waals surface area contributed by atoms with Crippen LogP contribution in [0.5, 0.6) is 11.5 Å². The number of ether oxygens (including phenoxy) is 1. The highest BCUT2D eigenvalue weighted by atomic mass is 16.5. The van der Waals surface area contributed by atoms with Gasteiger partial charge in [0.25, 0.3) is 0 Å². The van der Waals surface area contributed by atoms with E-state index in [2.05, 4.69) is 30.4 Å². The average molecular weight is 557 g/mol. The number of piperidine rings is 1. The van der Waals surface area contributed by atoms with Crippen LogP contribution >= 0.6 is 0 Å². The summed E-state index contributed by atoms with van der Waals surface area (Å²) < 4.78 is 5.90. The predicted molar refractivity (Wildman–Crippen MR) is 166 cm³/mol. The van der Waals surface area contributed by atoms with Gasteiger partial charge in [-0.15, -0.1) is 0 Å². The van der Waals surface area contributed by atoms with Crippen LogP contribution in [0.25, 0.3) is 0 Å². The largest absolute Gasteiger partial charge is 0.457 e. The molecule has 41 heavy (non-hydrogen) atoms. The Hall–Kier alpha value is -3.53. The van der Waals surface area contributed by atoms with Crippen LogP contribution in [0.4, 0.5) is 11.6 Å². The number of nitrogens with one attached hydrogen (secondary N) is 3. The highest BCUT2D eigenvalue weighted by Crippen LogP contribution is 2.28. The number of nitrogens with zero attached hydrogens (tertiary/aromatic N) is 4. The van der Waals surface area contributed by atoms with Crippen LogP contribution in [-0.4, -0.2) is 83.4 Å². The zero-order valence-corrected chi connectivity index (χ0v) is 24.4. The van der Waals surface area contributed by atoms with Gasteiger partial charge in [-0.1, -0.05) is 32.0 Å². The fourth-order valence-corrected chi connectivity index (χ4v) is 5.93. The molecule has 0 aliphatic carbocycles. The first-order valence-corrected chi connectivity index (χ1v) is 15.1. The summed E-state index contributed by atoms with van der Waals surface area (Å²) in [7, 11) is 0. The van der Waals surface area contributed by atoms with Gasteiger partial charge in [-0.2, -0.15) is 0 Å². The van der Waals surface area contributed by atoms with E-state index in [1.807, 2.05) is 68.4 Å². The number of aromatic nitrogens is 2. The fourth-order valence-electron chi connectivity index (χ4n) is 5.93. The van der Waals surface area contributed by atoms with Crippen molar-refractivity contribution in [3.63, 3.8) is 0 Å². The molecule has 5 N–H and O–H groups in total. The van der Waals surface area contributed by atoms with Crippen molar-refractivity contribution in [2.75, 3.05) is 56.9 Å². The molecule has 9 nitrogen and oxygen atoms in total. The molecule has 3 fully saturated rings. The number of hydrogen-bond donors (Lipinski definition) is 4. The standard InChI is InChI=1S/C30H38N8O.C2H6/c31-28(22-6-8-26(9-7-22)39-25-4-2-1-3-5-25)27-29(32)34-20-35-30(27)36-23-10-14-38(15-11-23)24-12-13-37(19-24)18-21-16-33-17-21;1-2/h1-9,20-21,23-24,31,33H,10-19H2,(H3,32,34,35,36);1-2H3. The molecule has 0 radical (unpaired) electrons. The Morgan fingerprint density at radius 3 is 2.37 bits per heavy atom. The van der Waals surface area contributed by atoms with Crippen LogP contribution in [0.3, 0.4) is 0 Å². The molecule has 0 saturated carbocycles. The highest BCUT2D eigenvalue weighted by molar-refractivity contribution is 6.16. The van der Waals surface area contributed by atoms with E-state index in [1.54, 1.807) is 0 Å². The third kappa shape index (κ3) is 7.22. The minimum absolute atomic E-state index is 0.294. The van der Waals surface area contributed by atoms with Crippen LogP contribution in [0.1, 0.15) is 44.2 Å². The molecule has 1 atom stereocenters. The van der Waals surface area contributed by atoms with E-state index in [1.165, 1.54) is 45.5 Å². The second-order valence-corrected chi connectivity index (χ2v) is 11.0. The van der Waals surface area contributed by atoms with Gasteiger partial charge in [0.2, 0.25) is 0 Å². The summed E-state index contributed by atoms with van der Waals surface area (Å²) in [6.45, 7) is 12.2. The van der Waals surface area contributed by atoms with Crippen LogP contribution in [0.15, 0.2) is 60.9 Å². The number of para-hydroxylation sites is 1. The fraction of sp³-hybridized carbons (Fsp3) is 0.469. The van der Waals surface area contributed by atoms with Crippen molar-refractivity contribution in [3.8, 4) is 11.5 Å². The second kappa shape index (κ2) is 13.9. The Labute approximate surface area is 244 Å². The van der Waals surface area contributed by atoms with Gasteiger partial charge in [-0.3, -0.25) is 10.3 Å². The Morgan fingerprint density at radius 2 is 1.68 bits per heavy atom. The molecule has 4 heterocycles. The molecule has 3 saturated heterocycles. The second-order valence-electron chi connectivity index (χ2n) is 11.0. The van der Waals surface area contributed by atoms with Crippen molar-refractivity contribution in [2.24, 2.45) is 5.92 Å². The van der Waals surface area contributed by atoms with Crippen LogP contribution in [0, 0.1) is 11.3 Å². The lowest BCUT2D eigenvalue weighted by Gasteiger charge is -2.37. The van der Waals surface area contributed by atoms with Gasteiger partial charge < -0.3 is 26.0 Å². The van der Waals surface area contributed by atoms with Crippen molar-refractivity contribution in [1.29, 1.82) is 5.41 Å². The number of nitrogen functional groups attached to an aromatic ring is 1. The van der Waals surface area contributed by atoms with Crippen molar-refractivity contribution < 1.29 is 4.74 Å². The summed E-state index contributed by atoms with van der Waals surface area (Å²) in [4.78, 5) is 14.0. The van der Waals surface area contributed by atoms with E-state index in [-0.39, 0.29) is 0 Å². The Balaban J connectivity index is 0.00000165. The minimum Gasteiger partial charge on any atom is -0.457 e. The lowest BCUT2D eigenvalue weighted by atomic mass is 10.0. The van der Waals surface area contributed by atoms with Gasteiger partial charge in [0, 0.05) is 56.9 Å². The summed E-state index contributed by atoms with van der Waals surface area (Å²) in [6, 6.07) is 18.1. The Kier molecular flexibility index (Phi) is 9.82. The molecule has 9 heteroatoms. The summed E-state index contributed by atoms with van der Waals surface area (Å²) >= 11 is 0. The quantitative estimate of drug-likeness (QED) is 0.286. The summed E-state index contributed by atoms with van der Waals surface area (Å²) in [5.74, 6) is 3.28. The summed E-state index contributed by atoms with van der Waals surface area (Å²) in [6.07, 6.45) is 4.85. The zero-order chi connectivity index (χ0) is 28.6. The van der Waals surface area contributed by atoms with E-state index in [9.17, 15) is 0 Å². The third-order valence-corrected chi connectivity index (χ3v) is 8.27. The molecule has 0 amide bonds. The maximum atomic E-state index is 8.93. The van der Waals surface area contributed by atoms with E-state index < -0.39 is 0 Å². The molecule has 1 unspecified atom stereocenters. The normalized spacial score (nSPS) is 20.1. The lowest BCUT2D eigenvalue weighted by Crippen LogP contribution is -2.49. The van der Waals surface area contributed by atoms with Gasteiger partial charge in [0.05, 0.1) is 11.3 Å². The lowest BCUT2D eigenvalue weighted by molar-refractivity contribution is 0.148. The van der Waals surface area contributed by atoms with Crippen LogP contribution in [-0.2, 0) is 0 Å². The maximum absolute atomic E-state index is 8.93. The zero-order valence-electron chi connectivity index (χ0n) is 24.4. The maximum Gasteiger partial charge on any atom is 0.141 e. The average Bonchev–Trinajstić information content (AvgIpc) is 3.46. The van der Waals surface area contributed by atoms with Crippen molar-refractivity contribution in [1.82, 2.24) is 25.1 Å². The molecule has 6 rings (SSSR count). The number of likely N-dealkylation sites (tertiary alicyclic amines) is 2. The summed E-state index contributed by atoms with van der Waals surface area (Å²) in [5.41, 5.74) is 7.87. The van der Waals surface area contributed by atoms with Crippen molar-refractivity contribution in [3.05, 3.63) is 72.1 Å². The highest BCUT2D eigenvalue weighted by Gasteiger charge is 2.32. The number of benzene rings is 2. The molecular weight excluding hydrogens is 512 g/mol. The van der Waals surface area contributed by atoms with Crippen LogP contribution in [0.2, 0.25) is 0 Å². The van der Waals surface area contributed by atoms with E-state index in [0.717, 1.165) is 43.2 Å². The molecule has 0 bridgehead atoms. The number of anilines is 2. The van der Waals surface area contributed by atoms with Gasteiger partial charge >= 0.3 is 0 Å². The van der Waals surface area contributed by atoms with Crippen molar-refractivity contribution in [2.45, 2.75) is 45.2 Å². The molecule has 3 aliphatic heterocycles. The first-order chi connectivity index (χ1) is 20.1. The van der Waals surface area contributed by atoms with E-state index >= 15 is 0 Å². The van der Waals surface area contributed by atoms with Gasteiger partial charge in [0.1, 0.15) is 29.5 Å². The Bertz CT molecular complexity index is 1260. The van der Waals surface area contributed by atoms with Gasteiger partial charge in [-0.05, 0) is 68.1 Å². The topological polar surface area (TPSA) is 115 Å². The SMILES string of the molecule is CC.N=C(c1ccc(Oc2ccccc2)cc1)c1c(N)ncnc1NC1CCN(C2CCN(CC3CNC3)C2)CC1. The molecule has 2 aromatic carbocycles. The van der Waals surface area contributed by atoms with E-state index in [0.29, 0.717) is 40.7 Å². The molecule has 1 aromatic heterocycles. The first kappa shape index (κ1) is 29.0. The molecule has 0 spiro atoms. The van der Waals surface area contributed by atoms with Crippen molar-refractivity contribution >= 4 is 17.3 Å².